The van der Waals surface area contributed by atoms with Gasteiger partial charge < -0.3 is 5.73 Å². The lowest BCUT2D eigenvalue weighted by atomic mass is 10.1. The van der Waals surface area contributed by atoms with Gasteiger partial charge in [0.15, 0.2) is 0 Å². The van der Waals surface area contributed by atoms with Crippen LogP contribution in [0.1, 0.15) is 4.88 Å². The number of hydrogen-bond donors (Lipinski definition) is 1. The highest BCUT2D eigenvalue weighted by Gasteiger charge is 2.13. The summed E-state index contributed by atoms with van der Waals surface area (Å²) < 4.78 is 0.641. The summed E-state index contributed by atoms with van der Waals surface area (Å²) in [6.07, 6.45) is 0. The molecule has 0 bridgehead atoms. The van der Waals surface area contributed by atoms with E-state index in [4.69, 9.17) is 28.9 Å². The second-order valence-corrected chi connectivity index (χ2v) is 5.49. The van der Waals surface area contributed by atoms with Gasteiger partial charge in [-0.3, -0.25) is 0 Å². The maximum atomic E-state index is 5.98. The van der Waals surface area contributed by atoms with Crippen LogP contribution in [0, 0.1) is 6.92 Å². The fourth-order valence-electron chi connectivity index (χ4n) is 1.53. The molecule has 0 aliphatic carbocycles. The van der Waals surface area contributed by atoms with E-state index in [0.717, 1.165) is 16.0 Å². The summed E-state index contributed by atoms with van der Waals surface area (Å²) in [4.78, 5) is 1.11. The average molecular weight is 258 g/mol. The lowest BCUT2D eigenvalue weighted by Gasteiger charge is -2.02. The van der Waals surface area contributed by atoms with Crippen LogP contribution in [0.4, 0.5) is 5.69 Å². The van der Waals surface area contributed by atoms with Gasteiger partial charge in [-0.25, -0.2) is 0 Å². The molecule has 1 nitrogen and oxygen atoms in total. The minimum atomic E-state index is 0.640. The van der Waals surface area contributed by atoms with Crippen LogP contribution >= 0.6 is 34.5 Å². The van der Waals surface area contributed by atoms with Crippen LogP contribution in [0.5, 0.6) is 0 Å². The van der Waals surface area contributed by atoms with Crippen molar-refractivity contribution in [3.63, 3.8) is 0 Å². The Hall–Kier alpha value is -0.700. The smallest absolute Gasteiger partial charge is 0.117 e. The van der Waals surface area contributed by atoms with E-state index < -0.39 is 0 Å². The van der Waals surface area contributed by atoms with Crippen molar-refractivity contribution in [1.82, 2.24) is 0 Å². The first-order valence-electron chi connectivity index (χ1n) is 4.40. The van der Waals surface area contributed by atoms with Crippen molar-refractivity contribution in [3.8, 4) is 11.1 Å². The Bertz CT molecular complexity index is 505. The number of nitrogen functional groups attached to an aromatic ring is 1. The molecule has 0 radical (unpaired) electrons. The molecule has 1 aromatic heterocycles. The fourth-order valence-corrected chi connectivity index (χ4v) is 2.97. The molecule has 4 heteroatoms. The van der Waals surface area contributed by atoms with Crippen molar-refractivity contribution in [2.45, 2.75) is 6.92 Å². The number of aryl methyl sites for hydroxylation is 1. The summed E-state index contributed by atoms with van der Waals surface area (Å²) in [6, 6.07) is 7.61. The molecule has 0 unspecified atom stereocenters. The Morgan fingerprint density at radius 2 is 2.00 bits per heavy atom. The molecule has 0 aliphatic rings. The van der Waals surface area contributed by atoms with Crippen molar-refractivity contribution < 1.29 is 0 Å². The largest absolute Gasteiger partial charge is 0.396 e. The van der Waals surface area contributed by atoms with Crippen molar-refractivity contribution in [2.24, 2.45) is 0 Å². The zero-order valence-corrected chi connectivity index (χ0v) is 10.4. The number of rotatable bonds is 1. The van der Waals surface area contributed by atoms with Crippen LogP contribution in [-0.2, 0) is 0 Å². The van der Waals surface area contributed by atoms with Crippen molar-refractivity contribution in [1.29, 1.82) is 0 Å². The van der Waals surface area contributed by atoms with Gasteiger partial charge in [-0.15, -0.1) is 11.3 Å². The molecule has 2 rings (SSSR count). The second-order valence-electron chi connectivity index (χ2n) is 3.23. The molecule has 0 fully saturated rings. The topological polar surface area (TPSA) is 26.0 Å². The molecule has 2 N–H and O–H groups in total. The van der Waals surface area contributed by atoms with Crippen molar-refractivity contribution >= 4 is 40.2 Å². The molecule has 2 aromatic rings. The third kappa shape index (κ3) is 1.98. The van der Waals surface area contributed by atoms with Crippen LogP contribution in [0.2, 0.25) is 9.36 Å². The zero-order chi connectivity index (χ0) is 11.0. The highest BCUT2D eigenvalue weighted by Crippen LogP contribution is 2.41. The first-order valence-corrected chi connectivity index (χ1v) is 5.97. The maximum Gasteiger partial charge on any atom is 0.117 e. The number of nitrogens with two attached hydrogens (primary N) is 1. The normalized spacial score (nSPS) is 10.6. The maximum absolute atomic E-state index is 5.98. The van der Waals surface area contributed by atoms with E-state index in [1.54, 1.807) is 0 Å². The molecule has 0 saturated heterocycles. The molecule has 0 atom stereocenters. The van der Waals surface area contributed by atoms with E-state index in [-0.39, 0.29) is 0 Å². The Kier molecular flexibility index (Phi) is 2.91. The molecule has 1 aromatic carbocycles. The molecular weight excluding hydrogens is 249 g/mol. The first kappa shape index (κ1) is 10.8. The number of thiophene rings is 1. The highest BCUT2D eigenvalue weighted by molar-refractivity contribution is 7.17. The predicted molar refractivity (Wildman–Crippen MR) is 68.9 cm³/mol. The minimum Gasteiger partial charge on any atom is -0.396 e. The summed E-state index contributed by atoms with van der Waals surface area (Å²) >= 11 is 13.4. The number of benzene rings is 1. The third-order valence-electron chi connectivity index (χ3n) is 2.19. The van der Waals surface area contributed by atoms with Crippen LogP contribution in [0.25, 0.3) is 11.1 Å². The summed E-state index contributed by atoms with van der Waals surface area (Å²) in [5, 5.41) is 0.702. The lowest BCUT2D eigenvalue weighted by Crippen LogP contribution is -1.87. The van der Waals surface area contributed by atoms with Gasteiger partial charge in [0.2, 0.25) is 0 Å². The Labute approximate surface area is 102 Å². The molecular formula is C11H9Cl2NS. The van der Waals surface area contributed by atoms with Crippen LogP contribution < -0.4 is 5.73 Å². The number of halogens is 2. The summed E-state index contributed by atoms with van der Waals surface area (Å²) in [7, 11) is 0. The molecule has 78 valence electrons. The van der Waals surface area contributed by atoms with Gasteiger partial charge >= 0.3 is 0 Å². The summed E-state index contributed by atoms with van der Waals surface area (Å²) in [5.74, 6) is 0. The average Bonchev–Trinajstić information content (AvgIpc) is 2.41. The quantitative estimate of drug-likeness (QED) is 0.793. The van der Waals surface area contributed by atoms with E-state index in [1.807, 2.05) is 31.2 Å². The van der Waals surface area contributed by atoms with E-state index in [0.29, 0.717) is 15.0 Å². The molecule has 0 amide bonds. The molecule has 0 aliphatic heterocycles. The molecule has 0 saturated carbocycles. The SMILES string of the molecule is Cc1sc(Cl)c(N)c1-c1cccc(Cl)c1. The number of anilines is 1. The first-order chi connectivity index (χ1) is 7.09. The Balaban J connectivity index is 2.63. The molecule has 15 heavy (non-hydrogen) atoms. The summed E-state index contributed by atoms with van der Waals surface area (Å²) in [6.45, 7) is 2.00. The van der Waals surface area contributed by atoms with Gasteiger partial charge in [-0.1, -0.05) is 35.3 Å². The molecule has 1 heterocycles. The highest BCUT2D eigenvalue weighted by atomic mass is 35.5. The van der Waals surface area contributed by atoms with Gasteiger partial charge in [0.25, 0.3) is 0 Å². The van der Waals surface area contributed by atoms with Gasteiger partial charge in [0.05, 0.1) is 5.69 Å². The van der Waals surface area contributed by atoms with E-state index in [9.17, 15) is 0 Å². The predicted octanol–water partition coefficient (Wildman–Crippen LogP) is 4.61. The monoisotopic (exact) mass is 257 g/mol. The summed E-state index contributed by atoms with van der Waals surface area (Å²) in [5.41, 5.74) is 8.57. The van der Waals surface area contributed by atoms with E-state index in [2.05, 4.69) is 0 Å². The van der Waals surface area contributed by atoms with Gasteiger partial charge in [0.1, 0.15) is 4.34 Å². The molecule has 0 spiro atoms. The van der Waals surface area contributed by atoms with E-state index in [1.165, 1.54) is 11.3 Å². The second kappa shape index (κ2) is 4.05. The fraction of sp³-hybridized carbons (Fsp3) is 0.0909. The van der Waals surface area contributed by atoms with Crippen LogP contribution in [0.15, 0.2) is 24.3 Å². The Morgan fingerprint density at radius 3 is 2.53 bits per heavy atom. The van der Waals surface area contributed by atoms with E-state index >= 15 is 0 Å². The number of hydrogen-bond acceptors (Lipinski definition) is 2. The van der Waals surface area contributed by atoms with Crippen LogP contribution in [0.3, 0.4) is 0 Å². The van der Waals surface area contributed by atoms with Gasteiger partial charge in [-0.2, -0.15) is 0 Å². The van der Waals surface area contributed by atoms with Crippen molar-refractivity contribution in [3.05, 3.63) is 38.5 Å². The van der Waals surface area contributed by atoms with Gasteiger partial charge in [-0.05, 0) is 24.6 Å². The standard InChI is InChI=1S/C11H9Cl2NS/c1-6-9(10(14)11(13)15-6)7-3-2-4-8(12)5-7/h2-5H,14H2,1H3. The van der Waals surface area contributed by atoms with Crippen LogP contribution in [-0.4, -0.2) is 0 Å². The Morgan fingerprint density at radius 1 is 1.27 bits per heavy atom. The zero-order valence-electron chi connectivity index (χ0n) is 8.05. The van der Waals surface area contributed by atoms with Crippen molar-refractivity contribution in [2.75, 3.05) is 5.73 Å². The lowest BCUT2D eigenvalue weighted by molar-refractivity contribution is 1.58. The third-order valence-corrected chi connectivity index (χ3v) is 3.77. The van der Waals surface area contributed by atoms with Gasteiger partial charge in [0, 0.05) is 15.5 Å². The minimum absolute atomic E-state index is 0.640.